The van der Waals surface area contributed by atoms with Crippen molar-refractivity contribution in [2.75, 3.05) is 0 Å². The van der Waals surface area contributed by atoms with Crippen LogP contribution in [0, 0.1) is 0 Å². The summed E-state index contributed by atoms with van der Waals surface area (Å²) in [7, 11) is 0. The Kier molecular flexibility index (Phi) is 5.89. The number of rotatable bonds is 3. The molecule has 0 aromatic heterocycles. The number of ether oxygens (including phenoxy) is 1. The molecule has 1 aliphatic rings. The van der Waals surface area contributed by atoms with E-state index in [-0.39, 0.29) is 11.6 Å². The number of nitrogens with one attached hydrogen (secondary N) is 1. The Morgan fingerprint density at radius 1 is 1.21 bits per heavy atom. The Morgan fingerprint density at radius 3 is 2.21 bits per heavy atom. The van der Waals surface area contributed by atoms with Crippen molar-refractivity contribution in [1.82, 2.24) is 5.32 Å². The molecular formula is C16H29NO2. The lowest BCUT2D eigenvalue weighted by Gasteiger charge is -2.36. The number of alkyl carbamates (subject to hydrolysis) is 1. The second-order valence-electron chi connectivity index (χ2n) is 6.67. The van der Waals surface area contributed by atoms with E-state index in [1.807, 2.05) is 26.8 Å². The van der Waals surface area contributed by atoms with Crippen LogP contribution in [-0.2, 0) is 4.74 Å². The van der Waals surface area contributed by atoms with Crippen molar-refractivity contribution in [2.24, 2.45) is 0 Å². The average molecular weight is 267 g/mol. The van der Waals surface area contributed by atoms with E-state index < -0.39 is 5.60 Å². The van der Waals surface area contributed by atoms with E-state index in [1.165, 1.54) is 32.1 Å². The van der Waals surface area contributed by atoms with Crippen molar-refractivity contribution in [1.29, 1.82) is 0 Å². The van der Waals surface area contributed by atoms with Crippen LogP contribution in [0.4, 0.5) is 4.79 Å². The van der Waals surface area contributed by atoms with Crippen molar-refractivity contribution in [2.45, 2.75) is 83.3 Å². The van der Waals surface area contributed by atoms with Crippen LogP contribution in [0.15, 0.2) is 12.7 Å². The molecule has 0 aromatic rings. The first kappa shape index (κ1) is 16.1. The van der Waals surface area contributed by atoms with Gasteiger partial charge in [-0.2, -0.15) is 0 Å². The summed E-state index contributed by atoms with van der Waals surface area (Å²) in [5.74, 6) is 0. The summed E-state index contributed by atoms with van der Waals surface area (Å²) in [4.78, 5) is 12.0. The molecule has 1 rings (SSSR count). The van der Waals surface area contributed by atoms with Gasteiger partial charge in [-0.1, -0.05) is 38.2 Å². The highest BCUT2D eigenvalue weighted by molar-refractivity contribution is 5.68. The number of carbonyl (C=O) groups is 1. The van der Waals surface area contributed by atoms with Crippen LogP contribution in [0.25, 0.3) is 0 Å². The Bertz CT molecular complexity index is 296. The SMILES string of the molecule is C=CCC1(NC(=O)OC(C)(C)C)CCCCCCC1. The number of carbonyl (C=O) groups excluding carboxylic acids is 1. The van der Waals surface area contributed by atoms with Crippen molar-refractivity contribution in [3.63, 3.8) is 0 Å². The van der Waals surface area contributed by atoms with Gasteiger partial charge in [0.2, 0.25) is 0 Å². The van der Waals surface area contributed by atoms with Gasteiger partial charge in [0.25, 0.3) is 0 Å². The highest BCUT2D eigenvalue weighted by atomic mass is 16.6. The molecule has 0 spiro atoms. The zero-order chi connectivity index (χ0) is 14.4. The van der Waals surface area contributed by atoms with Crippen molar-refractivity contribution in [3.8, 4) is 0 Å². The van der Waals surface area contributed by atoms with Gasteiger partial charge in [0.05, 0.1) is 0 Å². The normalized spacial score (nSPS) is 19.9. The molecular weight excluding hydrogens is 238 g/mol. The van der Waals surface area contributed by atoms with Gasteiger partial charge < -0.3 is 10.1 Å². The van der Waals surface area contributed by atoms with E-state index in [0.717, 1.165) is 19.3 Å². The molecule has 0 unspecified atom stereocenters. The molecule has 1 fully saturated rings. The van der Waals surface area contributed by atoms with Gasteiger partial charge in [-0.15, -0.1) is 6.58 Å². The zero-order valence-electron chi connectivity index (χ0n) is 12.8. The topological polar surface area (TPSA) is 38.3 Å². The van der Waals surface area contributed by atoms with E-state index in [9.17, 15) is 4.79 Å². The average Bonchev–Trinajstić information content (AvgIpc) is 2.21. The minimum absolute atomic E-state index is 0.148. The first-order chi connectivity index (χ1) is 8.87. The van der Waals surface area contributed by atoms with Crippen LogP contribution in [0.1, 0.15) is 72.1 Å². The first-order valence-electron chi connectivity index (χ1n) is 7.49. The molecule has 0 heterocycles. The van der Waals surface area contributed by atoms with Crippen molar-refractivity contribution in [3.05, 3.63) is 12.7 Å². The van der Waals surface area contributed by atoms with E-state index in [4.69, 9.17) is 4.74 Å². The molecule has 3 nitrogen and oxygen atoms in total. The fourth-order valence-corrected chi connectivity index (χ4v) is 2.76. The summed E-state index contributed by atoms with van der Waals surface area (Å²) in [5.41, 5.74) is -0.592. The van der Waals surface area contributed by atoms with Gasteiger partial charge >= 0.3 is 6.09 Å². The van der Waals surface area contributed by atoms with Crippen LogP contribution in [0.5, 0.6) is 0 Å². The molecule has 0 radical (unpaired) electrons. The molecule has 1 aliphatic carbocycles. The largest absolute Gasteiger partial charge is 0.444 e. The fraction of sp³-hybridized carbons (Fsp3) is 0.812. The maximum atomic E-state index is 12.0. The molecule has 0 aromatic carbocycles. The third-order valence-corrected chi connectivity index (χ3v) is 3.61. The maximum Gasteiger partial charge on any atom is 0.408 e. The van der Waals surface area contributed by atoms with Crippen molar-refractivity contribution < 1.29 is 9.53 Å². The molecule has 3 heteroatoms. The highest BCUT2D eigenvalue weighted by Crippen LogP contribution is 2.30. The van der Waals surface area contributed by atoms with Crippen LogP contribution in [0.2, 0.25) is 0 Å². The van der Waals surface area contributed by atoms with Crippen LogP contribution < -0.4 is 5.32 Å². The molecule has 1 saturated carbocycles. The minimum atomic E-state index is -0.443. The predicted octanol–water partition coefficient (Wildman–Crippen LogP) is 4.57. The summed E-state index contributed by atoms with van der Waals surface area (Å²) in [6, 6.07) is 0. The number of hydrogen-bond donors (Lipinski definition) is 1. The number of hydrogen-bond acceptors (Lipinski definition) is 2. The maximum absolute atomic E-state index is 12.0. The van der Waals surface area contributed by atoms with Gasteiger partial charge in [0.1, 0.15) is 5.60 Å². The second-order valence-corrected chi connectivity index (χ2v) is 6.67. The molecule has 110 valence electrons. The molecule has 1 N–H and O–H groups in total. The minimum Gasteiger partial charge on any atom is -0.444 e. The van der Waals surface area contributed by atoms with Gasteiger partial charge in [-0.3, -0.25) is 0 Å². The zero-order valence-corrected chi connectivity index (χ0v) is 12.8. The summed E-state index contributed by atoms with van der Waals surface area (Å²) >= 11 is 0. The Hall–Kier alpha value is -0.990. The molecule has 19 heavy (non-hydrogen) atoms. The molecule has 1 amide bonds. The first-order valence-corrected chi connectivity index (χ1v) is 7.49. The van der Waals surface area contributed by atoms with E-state index in [2.05, 4.69) is 11.9 Å². The lowest BCUT2D eigenvalue weighted by atomic mass is 9.81. The standard InChI is InChI=1S/C16H29NO2/c1-5-11-16(12-9-7-6-8-10-13-16)17-14(18)19-15(2,3)4/h5H,1,6-13H2,2-4H3,(H,17,18). The van der Waals surface area contributed by atoms with Crippen LogP contribution in [-0.4, -0.2) is 17.2 Å². The lowest BCUT2D eigenvalue weighted by Crippen LogP contribution is -2.50. The van der Waals surface area contributed by atoms with E-state index in [1.54, 1.807) is 0 Å². The van der Waals surface area contributed by atoms with Gasteiger partial charge in [-0.05, 0) is 40.0 Å². The monoisotopic (exact) mass is 267 g/mol. The highest BCUT2D eigenvalue weighted by Gasteiger charge is 2.32. The smallest absolute Gasteiger partial charge is 0.408 e. The number of amides is 1. The third-order valence-electron chi connectivity index (χ3n) is 3.61. The van der Waals surface area contributed by atoms with Crippen LogP contribution in [0.3, 0.4) is 0 Å². The molecule has 0 aliphatic heterocycles. The fourth-order valence-electron chi connectivity index (χ4n) is 2.76. The second kappa shape index (κ2) is 6.97. The quantitative estimate of drug-likeness (QED) is 0.761. The lowest BCUT2D eigenvalue weighted by molar-refractivity contribution is 0.0435. The van der Waals surface area contributed by atoms with E-state index in [0.29, 0.717) is 0 Å². The third kappa shape index (κ3) is 6.13. The van der Waals surface area contributed by atoms with Gasteiger partial charge in [0, 0.05) is 5.54 Å². The van der Waals surface area contributed by atoms with Crippen LogP contribution >= 0.6 is 0 Å². The predicted molar refractivity (Wildman–Crippen MR) is 79.2 cm³/mol. The Morgan fingerprint density at radius 2 is 1.74 bits per heavy atom. The summed E-state index contributed by atoms with van der Waals surface area (Å²) in [5, 5.41) is 3.13. The van der Waals surface area contributed by atoms with Gasteiger partial charge in [0.15, 0.2) is 0 Å². The molecule has 0 bridgehead atoms. The molecule has 0 atom stereocenters. The van der Waals surface area contributed by atoms with Gasteiger partial charge in [-0.25, -0.2) is 4.79 Å². The Balaban J connectivity index is 2.68. The summed E-state index contributed by atoms with van der Waals surface area (Å²) in [6.07, 6.45) is 10.7. The van der Waals surface area contributed by atoms with Crippen molar-refractivity contribution >= 4 is 6.09 Å². The summed E-state index contributed by atoms with van der Waals surface area (Å²) < 4.78 is 5.40. The molecule has 0 saturated heterocycles. The van der Waals surface area contributed by atoms with E-state index >= 15 is 0 Å². The Labute approximate surface area is 117 Å². The summed E-state index contributed by atoms with van der Waals surface area (Å²) in [6.45, 7) is 9.52.